The minimum atomic E-state index is -4.52. The van der Waals surface area contributed by atoms with Crippen molar-refractivity contribution in [3.8, 4) is 0 Å². The number of rotatable bonds is 3. The summed E-state index contributed by atoms with van der Waals surface area (Å²) in [5.41, 5.74) is 0.656. The monoisotopic (exact) mass is 261 g/mol. The van der Waals surface area contributed by atoms with Gasteiger partial charge in [-0.15, -0.1) is 0 Å². The summed E-state index contributed by atoms with van der Waals surface area (Å²) in [4.78, 5) is 22.2. The first kappa shape index (κ1) is 14.0. The third-order valence-electron chi connectivity index (χ3n) is 2.02. The van der Waals surface area contributed by atoms with Gasteiger partial charge in [-0.25, -0.2) is 5.84 Å². The Kier molecular flexibility index (Phi) is 4.27. The van der Waals surface area contributed by atoms with Gasteiger partial charge in [0.05, 0.1) is 12.1 Å². The lowest BCUT2D eigenvalue weighted by Gasteiger charge is -2.08. The van der Waals surface area contributed by atoms with E-state index in [1.165, 1.54) is 6.07 Å². The smallest absolute Gasteiger partial charge is 0.343 e. The van der Waals surface area contributed by atoms with E-state index in [4.69, 9.17) is 5.84 Å². The largest absolute Gasteiger partial charge is 0.416 e. The SMILES string of the molecule is NNC(=O)CNC(=O)c1cccc(C(F)(F)F)c1. The molecule has 1 rings (SSSR count). The van der Waals surface area contributed by atoms with E-state index in [2.05, 4.69) is 5.32 Å². The van der Waals surface area contributed by atoms with Gasteiger partial charge in [-0.1, -0.05) is 6.07 Å². The molecule has 0 aliphatic heterocycles. The average molecular weight is 261 g/mol. The first-order chi connectivity index (χ1) is 8.34. The van der Waals surface area contributed by atoms with E-state index in [9.17, 15) is 22.8 Å². The molecule has 1 aromatic rings. The summed E-state index contributed by atoms with van der Waals surface area (Å²) >= 11 is 0. The van der Waals surface area contributed by atoms with Gasteiger partial charge in [0, 0.05) is 5.56 Å². The van der Waals surface area contributed by atoms with Crippen LogP contribution in [0.3, 0.4) is 0 Å². The van der Waals surface area contributed by atoms with E-state index in [-0.39, 0.29) is 5.56 Å². The molecule has 98 valence electrons. The third kappa shape index (κ3) is 3.74. The number of hydrazine groups is 1. The van der Waals surface area contributed by atoms with Crippen molar-refractivity contribution in [2.24, 2.45) is 5.84 Å². The van der Waals surface area contributed by atoms with E-state index >= 15 is 0 Å². The van der Waals surface area contributed by atoms with Crippen LogP contribution < -0.4 is 16.6 Å². The zero-order valence-electron chi connectivity index (χ0n) is 9.04. The molecule has 0 radical (unpaired) electrons. The van der Waals surface area contributed by atoms with Crippen LogP contribution >= 0.6 is 0 Å². The van der Waals surface area contributed by atoms with Crippen LogP contribution in [0.1, 0.15) is 15.9 Å². The third-order valence-corrected chi connectivity index (χ3v) is 2.02. The number of benzene rings is 1. The summed E-state index contributed by atoms with van der Waals surface area (Å²) in [6, 6.07) is 3.88. The van der Waals surface area contributed by atoms with E-state index < -0.39 is 30.1 Å². The van der Waals surface area contributed by atoms with Gasteiger partial charge in [-0.2, -0.15) is 13.2 Å². The number of halogens is 3. The van der Waals surface area contributed by atoms with Crippen molar-refractivity contribution >= 4 is 11.8 Å². The predicted octanol–water partition coefficient (Wildman–Crippen LogP) is 0.425. The molecule has 2 amide bonds. The number of nitrogens with one attached hydrogen (secondary N) is 2. The maximum Gasteiger partial charge on any atom is 0.416 e. The standard InChI is InChI=1S/C10H10F3N3O2/c11-10(12,13)7-3-1-2-6(4-7)9(18)15-5-8(17)16-14/h1-4H,5,14H2,(H,15,18)(H,16,17). The van der Waals surface area contributed by atoms with Crippen molar-refractivity contribution in [2.45, 2.75) is 6.18 Å². The number of hydrogen-bond acceptors (Lipinski definition) is 3. The van der Waals surface area contributed by atoms with Crippen LogP contribution in [0.25, 0.3) is 0 Å². The van der Waals surface area contributed by atoms with Crippen molar-refractivity contribution in [2.75, 3.05) is 6.54 Å². The molecule has 0 saturated carbocycles. The van der Waals surface area contributed by atoms with Gasteiger partial charge in [0.25, 0.3) is 11.8 Å². The minimum Gasteiger partial charge on any atom is -0.343 e. The molecule has 0 atom stereocenters. The lowest BCUT2D eigenvalue weighted by molar-refractivity contribution is -0.137. The van der Waals surface area contributed by atoms with Gasteiger partial charge >= 0.3 is 6.18 Å². The summed E-state index contributed by atoms with van der Waals surface area (Å²) < 4.78 is 37.2. The van der Waals surface area contributed by atoms with Crippen molar-refractivity contribution in [3.05, 3.63) is 35.4 Å². The lowest BCUT2D eigenvalue weighted by atomic mass is 10.1. The van der Waals surface area contributed by atoms with Gasteiger partial charge in [0.1, 0.15) is 0 Å². The second kappa shape index (κ2) is 5.50. The Bertz CT molecular complexity index is 460. The number of amides is 2. The molecule has 0 spiro atoms. The molecule has 8 heteroatoms. The topological polar surface area (TPSA) is 84.2 Å². The predicted molar refractivity (Wildman–Crippen MR) is 56.1 cm³/mol. The van der Waals surface area contributed by atoms with Crippen molar-refractivity contribution in [1.29, 1.82) is 0 Å². The fraction of sp³-hybridized carbons (Fsp3) is 0.200. The normalized spacial score (nSPS) is 10.9. The Morgan fingerprint density at radius 3 is 2.50 bits per heavy atom. The van der Waals surface area contributed by atoms with E-state index in [1.807, 2.05) is 0 Å². The number of carbonyl (C=O) groups is 2. The molecule has 0 aliphatic rings. The summed E-state index contributed by atoms with van der Waals surface area (Å²) in [6.07, 6.45) is -4.52. The van der Waals surface area contributed by atoms with Crippen molar-refractivity contribution in [3.63, 3.8) is 0 Å². The molecule has 0 bridgehead atoms. The van der Waals surface area contributed by atoms with Crippen molar-refractivity contribution < 1.29 is 22.8 Å². The Labute approximate surface area is 100 Å². The minimum absolute atomic E-state index is 0.186. The maximum atomic E-state index is 12.4. The van der Waals surface area contributed by atoms with Gasteiger partial charge < -0.3 is 5.32 Å². The molecule has 1 aromatic carbocycles. The maximum absolute atomic E-state index is 12.4. The summed E-state index contributed by atoms with van der Waals surface area (Å²) in [5, 5.41) is 2.13. The van der Waals surface area contributed by atoms with E-state index in [0.29, 0.717) is 6.07 Å². The van der Waals surface area contributed by atoms with Crippen LogP contribution in [0.15, 0.2) is 24.3 Å². The average Bonchev–Trinajstić information content (AvgIpc) is 2.34. The van der Waals surface area contributed by atoms with Gasteiger partial charge in [0.2, 0.25) is 0 Å². The molecular formula is C10H10F3N3O2. The molecule has 0 saturated heterocycles. The number of carbonyl (C=O) groups excluding carboxylic acids is 2. The van der Waals surface area contributed by atoms with Crippen LogP contribution in [0.2, 0.25) is 0 Å². The second-order valence-corrected chi connectivity index (χ2v) is 3.33. The Balaban J connectivity index is 2.78. The molecule has 0 aromatic heterocycles. The molecule has 0 unspecified atom stereocenters. The molecule has 0 heterocycles. The summed E-state index contributed by atoms with van der Waals surface area (Å²) in [6.45, 7) is -0.411. The lowest BCUT2D eigenvalue weighted by Crippen LogP contribution is -2.40. The van der Waals surface area contributed by atoms with Gasteiger partial charge in [0.15, 0.2) is 0 Å². The highest BCUT2D eigenvalue weighted by Crippen LogP contribution is 2.29. The Morgan fingerprint density at radius 1 is 1.28 bits per heavy atom. The highest BCUT2D eigenvalue weighted by molar-refractivity contribution is 5.96. The van der Waals surface area contributed by atoms with Crippen LogP contribution in [-0.2, 0) is 11.0 Å². The molecule has 4 N–H and O–H groups in total. The molecule has 5 nitrogen and oxygen atoms in total. The number of alkyl halides is 3. The van der Waals surface area contributed by atoms with E-state index in [1.54, 1.807) is 5.43 Å². The van der Waals surface area contributed by atoms with Crippen LogP contribution in [0.5, 0.6) is 0 Å². The fourth-order valence-corrected chi connectivity index (χ4v) is 1.15. The van der Waals surface area contributed by atoms with Gasteiger partial charge in [-0.05, 0) is 18.2 Å². The first-order valence-electron chi connectivity index (χ1n) is 4.79. The van der Waals surface area contributed by atoms with Crippen LogP contribution in [-0.4, -0.2) is 18.4 Å². The van der Waals surface area contributed by atoms with Crippen LogP contribution in [0, 0.1) is 0 Å². The Morgan fingerprint density at radius 2 is 1.94 bits per heavy atom. The molecule has 0 aliphatic carbocycles. The zero-order valence-corrected chi connectivity index (χ0v) is 9.04. The van der Waals surface area contributed by atoms with Crippen LogP contribution in [0.4, 0.5) is 13.2 Å². The quantitative estimate of drug-likeness (QED) is 0.419. The first-order valence-corrected chi connectivity index (χ1v) is 4.79. The highest BCUT2D eigenvalue weighted by atomic mass is 19.4. The Hall–Kier alpha value is -2.09. The molecule has 18 heavy (non-hydrogen) atoms. The summed E-state index contributed by atoms with van der Waals surface area (Å²) in [5.74, 6) is 3.33. The number of nitrogens with two attached hydrogens (primary N) is 1. The van der Waals surface area contributed by atoms with Gasteiger partial charge in [-0.3, -0.25) is 15.0 Å². The fourth-order valence-electron chi connectivity index (χ4n) is 1.15. The number of hydrogen-bond donors (Lipinski definition) is 3. The highest BCUT2D eigenvalue weighted by Gasteiger charge is 2.30. The zero-order chi connectivity index (χ0) is 13.8. The second-order valence-electron chi connectivity index (χ2n) is 3.33. The van der Waals surface area contributed by atoms with E-state index in [0.717, 1.165) is 12.1 Å². The van der Waals surface area contributed by atoms with Crippen molar-refractivity contribution in [1.82, 2.24) is 10.7 Å². The summed E-state index contributed by atoms with van der Waals surface area (Å²) in [7, 11) is 0. The molecule has 0 fully saturated rings. The molecular weight excluding hydrogens is 251 g/mol.